The fraction of sp³-hybridized carbons (Fsp3) is 0.292. The molecule has 0 spiro atoms. The van der Waals surface area contributed by atoms with Crippen molar-refractivity contribution in [1.82, 2.24) is 25.3 Å². The van der Waals surface area contributed by atoms with Crippen LogP contribution in [0.3, 0.4) is 0 Å². The van der Waals surface area contributed by atoms with Crippen LogP contribution in [0.1, 0.15) is 29.4 Å². The van der Waals surface area contributed by atoms with Gasteiger partial charge in [0.2, 0.25) is 5.91 Å². The van der Waals surface area contributed by atoms with E-state index in [0.717, 1.165) is 28.2 Å². The Morgan fingerprint density at radius 3 is 2.26 bits per heavy atom. The molecule has 31 heavy (non-hydrogen) atoms. The van der Waals surface area contributed by atoms with E-state index in [-0.39, 0.29) is 18.5 Å². The molecule has 1 aromatic heterocycles. The van der Waals surface area contributed by atoms with E-state index < -0.39 is 0 Å². The number of carbonyl (C=O) groups excluding carboxylic acids is 2. The zero-order chi connectivity index (χ0) is 22.2. The number of amides is 3. The largest absolute Gasteiger partial charge is 0.337 e. The van der Waals surface area contributed by atoms with Crippen molar-refractivity contribution in [3.05, 3.63) is 83.2 Å². The van der Waals surface area contributed by atoms with Crippen LogP contribution in [-0.2, 0) is 17.9 Å². The molecule has 3 aromatic rings. The Bertz CT molecular complexity index is 1020. The molecular formula is C24H29N5O2. The summed E-state index contributed by atoms with van der Waals surface area (Å²) in [5.41, 5.74) is 4.83. The predicted molar refractivity (Wildman–Crippen MR) is 121 cm³/mol. The normalized spacial score (nSPS) is 10.5. The third-order valence-electron chi connectivity index (χ3n) is 5.22. The number of nitrogens with zero attached hydrogens (tertiary/aromatic N) is 3. The molecule has 162 valence electrons. The summed E-state index contributed by atoms with van der Waals surface area (Å²) >= 11 is 0. The number of likely N-dealkylation sites (N-methyl/N-ethyl adjacent to an activating group) is 1. The van der Waals surface area contributed by atoms with Crippen molar-refractivity contribution in [2.24, 2.45) is 0 Å². The first-order valence-corrected chi connectivity index (χ1v) is 10.4. The van der Waals surface area contributed by atoms with Crippen molar-refractivity contribution in [2.75, 3.05) is 13.1 Å². The van der Waals surface area contributed by atoms with Crippen molar-refractivity contribution >= 4 is 11.9 Å². The third kappa shape index (κ3) is 5.72. The summed E-state index contributed by atoms with van der Waals surface area (Å²) in [6, 6.07) is 19.3. The van der Waals surface area contributed by atoms with E-state index in [4.69, 9.17) is 0 Å². The fourth-order valence-electron chi connectivity index (χ4n) is 3.43. The van der Waals surface area contributed by atoms with Crippen LogP contribution in [0.15, 0.2) is 60.7 Å². The van der Waals surface area contributed by atoms with Gasteiger partial charge in [0.25, 0.3) is 0 Å². The van der Waals surface area contributed by atoms with Crippen LogP contribution in [0.4, 0.5) is 4.79 Å². The van der Waals surface area contributed by atoms with Gasteiger partial charge in [0.15, 0.2) is 0 Å². The molecule has 2 N–H and O–H groups in total. The maximum Gasteiger partial charge on any atom is 0.315 e. The number of benzene rings is 2. The highest BCUT2D eigenvalue weighted by Gasteiger charge is 2.15. The first-order chi connectivity index (χ1) is 15.0. The zero-order valence-corrected chi connectivity index (χ0v) is 18.3. The molecule has 3 amide bonds. The SMILES string of the molecule is CCN(Cc1ccccc1)C(=O)CNC(=O)NCc1c(C)nn(-c2ccccc2)c1C. The second kappa shape index (κ2) is 10.4. The third-order valence-corrected chi connectivity index (χ3v) is 5.22. The summed E-state index contributed by atoms with van der Waals surface area (Å²) in [6.07, 6.45) is 0. The quantitative estimate of drug-likeness (QED) is 0.588. The van der Waals surface area contributed by atoms with E-state index in [2.05, 4.69) is 15.7 Å². The summed E-state index contributed by atoms with van der Waals surface area (Å²) in [4.78, 5) is 26.5. The molecule has 3 rings (SSSR count). The number of urea groups is 1. The molecule has 7 nitrogen and oxygen atoms in total. The summed E-state index contributed by atoms with van der Waals surface area (Å²) in [5, 5.41) is 10.1. The smallest absolute Gasteiger partial charge is 0.315 e. The minimum absolute atomic E-state index is 0.0479. The van der Waals surface area contributed by atoms with Gasteiger partial charge in [-0.1, -0.05) is 48.5 Å². The predicted octanol–water partition coefficient (Wildman–Crippen LogP) is 3.34. The average molecular weight is 420 g/mol. The second-order valence-electron chi connectivity index (χ2n) is 7.33. The van der Waals surface area contributed by atoms with Crippen LogP contribution >= 0.6 is 0 Å². The molecule has 0 unspecified atom stereocenters. The number of para-hydroxylation sites is 1. The summed E-state index contributed by atoms with van der Waals surface area (Å²) < 4.78 is 1.87. The van der Waals surface area contributed by atoms with Crippen molar-refractivity contribution in [3.8, 4) is 5.69 Å². The Balaban J connectivity index is 1.52. The zero-order valence-electron chi connectivity index (χ0n) is 18.3. The van der Waals surface area contributed by atoms with E-state index >= 15 is 0 Å². The molecule has 0 bridgehead atoms. The molecule has 0 aliphatic heterocycles. The van der Waals surface area contributed by atoms with E-state index in [1.807, 2.05) is 86.1 Å². The number of hydrogen-bond acceptors (Lipinski definition) is 3. The highest BCUT2D eigenvalue weighted by Crippen LogP contribution is 2.17. The van der Waals surface area contributed by atoms with Crippen molar-refractivity contribution in [1.29, 1.82) is 0 Å². The van der Waals surface area contributed by atoms with Crippen LogP contribution in [0.2, 0.25) is 0 Å². The number of rotatable bonds is 8. The van der Waals surface area contributed by atoms with Gasteiger partial charge in [-0.15, -0.1) is 0 Å². The topological polar surface area (TPSA) is 79.3 Å². The van der Waals surface area contributed by atoms with E-state index in [0.29, 0.717) is 19.6 Å². The molecule has 0 atom stereocenters. The monoisotopic (exact) mass is 419 g/mol. The van der Waals surface area contributed by atoms with Crippen LogP contribution in [0.25, 0.3) is 5.69 Å². The molecule has 0 saturated carbocycles. The first kappa shape index (κ1) is 22.1. The highest BCUT2D eigenvalue weighted by molar-refractivity contribution is 5.84. The molecule has 2 aromatic carbocycles. The summed E-state index contributed by atoms with van der Waals surface area (Å²) in [6.45, 7) is 7.23. The Morgan fingerprint density at radius 1 is 0.968 bits per heavy atom. The number of nitrogens with one attached hydrogen (secondary N) is 2. The summed E-state index contributed by atoms with van der Waals surface area (Å²) in [5.74, 6) is -0.120. The second-order valence-corrected chi connectivity index (χ2v) is 7.33. The van der Waals surface area contributed by atoms with Crippen LogP contribution in [0, 0.1) is 13.8 Å². The van der Waals surface area contributed by atoms with Gasteiger partial charge in [-0.2, -0.15) is 5.10 Å². The van der Waals surface area contributed by atoms with E-state index in [1.165, 1.54) is 0 Å². The van der Waals surface area contributed by atoms with Crippen LogP contribution < -0.4 is 10.6 Å². The molecule has 1 heterocycles. The van der Waals surface area contributed by atoms with Crippen LogP contribution in [0.5, 0.6) is 0 Å². The van der Waals surface area contributed by atoms with Crippen molar-refractivity contribution in [2.45, 2.75) is 33.9 Å². The molecule has 7 heteroatoms. The number of aromatic nitrogens is 2. The van der Waals surface area contributed by atoms with Gasteiger partial charge >= 0.3 is 6.03 Å². The summed E-state index contributed by atoms with van der Waals surface area (Å²) in [7, 11) is 0. The molecule has 0 radical (unpaired) electrons. The maximum atomic E-state index is 12.5. The minimum atomic E-state index is -0.379. The van der Waals surface area contributed by atoms with Gasteiger partial charge in [0.05, 0.1) is 17.9 Å². The lowest BCUT2D eigenvalue weighted by molar-refractivity contribution is -0.130. The number of carbonyl (C=O) groups is 2. The van der Waals surface area contributed by atoms with Gasteiger partial charge in [-0.3, -0.25) is 4.79 Å². The molecule has 0 fully saturated rings. The Morgan fingerprint density at radius 2 is 1.61 bits per heavy atom. The van der Waals surface area contributed by atoms with Gasteiger partial charge in [0, 0.05) is 30.9 Å². The molecule has 0 saturated heterocycles. The number of aryl methyl sites for hydroxylation is 1. The van der Waals surface area contributed by atoms with Crippen LogP contribution in [-0.4, -0.2) is 39.7 Å². The van der Waals surface area contributed by atoms with Crippen molar-refractivity contribution in [3.63, 3.8) is 0 Å². The lowest BCUT2D eigenvalue weighted by Crippen LogP contribution is -2.43. The first-order valence-electron chi connectivity index (χ1n) is 10.4. The van der Waals surface area contributed by atoms with Gasteiger partial charge in [-0.05, 0) is 38.5 Å². The maximum absolute atomic E-state index is 12.5. The van der Waals surface area contributed by atoms with Gasteiger partial charge in [0.1, 0.15) is 0 Å². The molecular weight excluding hydrogens is 390 g/mol. The fourth-order valence-corrected chi connectivity index (χ4v) is 3.43. The van der Waals surface area contributed by atoms with Gasteiger partial charge in [-0.25, -0.2) is 9.48 Å². The Hall–Kier alpha value is -3.61. The lowest BCUT2D eigenvalue weighted by atomic mass is 10.2. The average Bonchev–Trinajstić information content (AvgIpc) is 3.08. The Kier molecular flexibility index (Phi) is 7.43. The minimum Gasteiger partial charge on any atom is -0.337 e. The standard InChI is InChI=1S/C24H29N5O2/c1-4-28(17-20-11-7-5-8-12-20)23(30)16-26-24(31)25-15-22-18(2)27-29(19(22)3)21-13-9-6-10-14-21/h5-14H,4,15-17H2,1-3H3,(H2,25,26,31). The Labute approximate surface area is 183 Å². The lowest BCUT2D eigenvalue weighted by Gasteiger charge is -2.21. The number of hydrogen-bond donors (Lipinski definition) is 2. The highest BCUT2D eigenvalue weighted by atomic mass is 16.2. The van der Waals surface area contributed by atoms with E-state index in [1.54, 1.807) is 4.90 Å². The van der Waals surface area contributed by atoms with Gasteiger partial charge < -0.3 is 15.5 Å². The molecule has 0 aliphatic carbocycles. The van der Waals surface area contributed by atoms with Crippen molar-refractivity contribution < 1.29 is 9.59 Å². The molecule has 0 aliphatic rings. The van der Waals surface area contributed by atoms with E-state index in [9.17, 15) is 9.59 Å².